The molecule has 0 aliphatic heterocycles. The molecule has 0 spiro atoms. The highest BCUT2D eigenvalue weighted by Crippen LogP contribution is 2.33. The molecule has 1 heterocycles. The van der Waals surface area contributed by atoms with E-state index in [1.165, 1.54) is 17.6 Å². The van der Waals surface area contributed by atoms with E-state index in [-0.39, 0.29) is 6.61 Å². The summed E-state index contributed by atoms with van der Waals surface area (Å²) in [5.74, 6) is -0.977. The second-order valence-electron chi connectivity index (χ2n) is 7.82. The van der Waals surface area contributed by atoms with Gasteiger partial charge in [0.25, 0.3) is 11.8 Å². The van der Waals surface area contributed by atoms with Crippen LogP contribution in [0.15, 0.2) is 47.6 Å². The molecule has 37 heavy (non-hydrogen) atoms. The zero-order chi connectivity index (χ0) is 27.1. The van der Waals surface area contributed by atoms with E-state index < -0.39 is 23.9 Å². The fourth-order valence-corrected chi connectivity index (χ4v) is 4.71. The highest BCUT2D eigenvalue weighted by Gasteiger charge is 2.22. The van der Waals surface area contributed by atoms with Crippen molar-refractivity contribution in [2.45, 2.75) is 33.8 Å². The lowest BCUT2D eigenvalue weighted by Gasteiger charge is -2.13. The largest absolute Gasteiger partial charge is 0.481 e. The van der Waals surface area contributed by atoms with Gasteiger partial charge in [-0.3, -0.25) is 9.59 Å². The van der Waals surface area contributed by atoms with E-state index in [0.717, 1.165) is 10.4 Å². The van der Waals surface area contributed by atoms with Gasteiger partial charge in [-0.15, -0.1) is 11.3 Å². The number of nitrogens with one attached hydrogen (secondary N) is 2. The molecule has 0 saturated heterocycles. The summed E-state index contributed by atoms with van der Waals surface area (Å²) in [4.78, 5) is 38.4. The van der Waals surface area contributed by atoms with E-state index in [0.29, 0.717) is 37.5 Å². The van der Waals surface area contributed by atoms with E-state index in [2.05, 4.69) is 15.8 Å². The summed E-state index contributed by atoms with van der Waals surface area (Å²) < 4.78 is 10.8. The molecule has 2 aromatic carbocycles. The number of hydrogen-bond acceptors (Lipinski definition) is 7. The summed E-state index contributed by atoms with van der Waals surface area (Å²) in [5, 5.41) is 7.91. The normalized spacial score (nSPS) is 11.7. The number of thiophene rings is 1. The molecule has 2 amide bonds. The molecule has 194 valence electrons. The molecule has 3 aromatic rings. The van der Waals surface area contributed by atoms with Crippen LogP contribution in [0, 0.1) is 13.8 Å². The number of nitrogens with zero attached hydrogens (tertiary/aromatic N) is 1. The Kier molecular flexibility index (Phi) is 9.68. The van der Waals surface area contributed by atoms with E-state index in [9.17, 15) is 14.4 Å². The lowest BCUT2D eigenvalue weighted by atomic mass is 10.1. The Hall–Kier alpha value is -3.40. The molecule has 0 fully saturated rings. The maximum absolute atomic E-state index is 12.8. The van der Waals surface area contributed by atoms with Gasteiger partial charge in [0.2, 0.25) is 0 Å². The first kappa shape index (κ1) is 28.2. The molecule has 3 rings (SSSR count). The van der Waals surface area contributed by atoms with Crippen LogP contribution in [0.1, 0.15) is 50.6 Å². The van der Waals surface area contributed by atoms with Crippen molar-refractivity contribution in [1.29, 1.82) is 0 Å². The highest BCUT2D eigenvalue weighted by molar-refractivity contribution is 7.16. The fourth-order valence-electron chi connectivity index (χ4n) is 3.17. The summed E-state index contributed by atoms with van der Waals surface area (Å²) in [5.41, 5.74) is 4.34. The summed E-state index contributed by atoms with van der Waals surface area (Å²) >= 11 is 13.5. The first-order chi connectivity index (χ1) is 17.6. The van der Waals surface area contributed by atoms with E-state index >= 15 is 0 Å². The van der Waals surface area contributed by atoms with Crippen LogP contribution < -0.4 is 15.5 Å². The Labute approximate surface area is 228 Å². The summed E-state index contributed by atoms with van der Waals surface area (Å²) in [6.45, 7) is 7.21. The van der Waals surface area contributed by atoms with Crippen molar-refractivity contribution in [2.24, 2.45) is 5.10 Å². The van der Waals surface area contributed by atoms with Gasteiger partial charge in [-0.2, -0.15) is 5.10 Å². The maximum Gasteiger partial charge on any atom is 0.341 e. The minimum Gasteiger partial charge on any atom is -0.481 e. The van der Waals surface area contributed by atoms with Crippen molar-refractivity contribution in [3.63, 3.8) is 0 Å². The molecule has 0 radical (unpaired) electrons. The molecule has 1 unspecified atom stereocenters. The number of esters is 1. The highest BCUT2D eigenvalue weighted by atomic mass is 35.5. The number of hydrazone groups is 1. The van der Waals surface area contributed by atoms with Gasteiger partial charge in [0.15, 0.2) is 6.10 Å². The van der Waals surface area contributed by atoms with Crippen LogP contribution in [0.5, 0.6) is 5.75 Å². The molecule has 1 atom stereocenters. The summed E-state index contributed by atoms with van der Waals surface area (Å²) in [6.07, 6.45) is 0.481. The minimum atomic E-state index is -0.872. The number of aryl methyl sites for hydroxylation is 1. The number of hydrogen-bond donors (Lipinski definition) is 2. The predicted octanol–water partition coefficient (Wildman–Crippen LogP) is 6.02. The second kappa shape index (κ2) is 12.7. The number of rotatable bonds is 9. The number of anilines is 1. The average Bonchev–Trinajstić information content (AvgIpc) is 3.13. The van der Waals surface area contributed by atoms with Crippen molar-refractivity contribution in [3.8, 4) is 5.75 Å². The summed E-state index contributed by atoms with van der Waals surface area (Å²) in [7, 11) is 0. The van der Waals surface area contributed by atoms with Crippen molar-refractivity contribution >= 4 is 63.5 Å². The van der Waals surface area contributed by atoms with Crippen molar-refractivity contribution in [2.75, 3.05) is 11.9 Å². The Balaban J connectivity index is 1.60. The molecule has 0 aliphatic rings. The zero-order valence-electron chi connectivity index (χ0n) is 20.6. The molecule has 1 aromatic heterocycles. The lowest BCUT2D eigenvalue weighted by molar-refractivity contribution is -0.127. The van der Waals surface area contributed by atoms with Crippen LogP contribution in [-0.4, -0.2) is 36.7 Å². The van der Waals surface area contributed by atoms with E-state index in [1.807, 2.05) is 13.8 Å². The number of benzene rings is 2. The van der Waals surface area contributed by atoms with Gasteiger partial charge in [-0.05, 0) is 69.7 Å². The van der Waals surface area contributed by atoms with Gasteiger partial charge >= 0.3 is 5.97 Å². The maximum atomic E-state index is 12.8. The number of carbonyl (C=O) groups is 3. The minimum absolute atomic E-state index is 0.237. The van der Waals surface area contributed by atoms with Crippen molar-refractivity contribution < 1.29 is 23.9 Å². The SMILES string of the molecule is CCOC(=O)c1c(NC(=O)c2ccc(OC(C)C(=O)NN=Cc3c(Cl)cccc3Cl)cc2)sc(C)c1C. The number of ether oxygens (including phenoxy) is 2. The Morgan fingerprint density at radius 1 is 1.08 bits per heavy atom. The van der Waals surface area contributed by atoms with Crippen LogP contribution in [-0.2, 0) is 9.53 Å². The summed E-state index contributed by atoms with van der Waals surface area (Å²) in [6, 6.07) is 11.3. The monoisotopic (exact) mass is 561 g/mol. The number of halogens is 2. The second-order valence-corrected chi connectivity index (χ2v) is 9.86. The Morgan fingerprint density at radius 3 is 2.35 bits per heavy atom. The van der Waals surface area contributed by atoms with Crippen LogP contribution >= 0.6 is 34.5 Å². The smallest absolute Gasteiger partial charge is 0.341 e. The Morgan fingerprint density at radius 2 is 1.73 bits per heavy atom. The van der Waals surface area contributed by atoms with Crippen molar-refractivity contribution in [1.82, 2.24) is 5.43 Å². The fraction of sp³-hybridized carbons (Fsp3) is 0.231. The predicted molar refractivity (Wildman–Crippen MR) is 146 cm³/mol. The van der Waals surface area contributed by atoms with Gasteiger partial charge in [0.05, 0.1) is 28.4 Å². The number of amides is 2. The third-order valence-corrected chi connectivity index (χ3v) is 7.04. The molecule has 2 N–H and O–H groups in total. The van der Waals surface area contributed by atoms with Gasteiger partial charge in [-0.1, -0.05) is 29.3 Å². The van der Waals surface area contributed by atoms with Crippen LogP contribution in [0.25, 0.3) is 0 Å². The molecule has 0 saturated carbocycles. The van der Waals surface area contributed by atoms with Crippen LogP contribution in [0.3, 0.4) is 0 Å². The first-order valence-corrected chi connectivity index (χ1v) is 12.8. The Bertz CT molecular complexity index is 1320. The third-order valence-electron chi connectivity index (χ3n) is 5.26. The molecule has 0 bridgehead atoms. The van der Waals surface area contributed by atoms with Crippen LogP contribution in [0.2, 0.25) is 10.0 Å². The quantitative estimate of drug-likeness (QED) is 0.189. The van der Waals surface area contributed by atoms with Crippen LogP contribution in [0.4, 0.5) is 5.00 Å². The van der Waals surface area contributed by atoms with Crippen molar-refractivity contribution in [3.05, 3.63) is 79.6 Å². The van der Waals surface area contributed by atoms with Gasteiger partial charge < -0.3 is 14.8 Å². The molecular weight excluding hydrogens is 537 g/mol. The molecular formula is C26H25Cl2N3O5S. The van der Waals surface area contributed by atoms with E-state index in [4.69, 9.17) is 32.7 Å². The standard InChI is InChI=1S/C26H25Cl2N3O5S/c1-5-35-26(34)22-14(2)16(4)37-25(22)30-24(33)17-9-11-18(12-10-17)36-15(3)23(32)31-29-13-19-20(27)7-6-8-21(19)28/h6-13,15H,5H2,1-4H3,(H,30,33)(H,31,32). The van der Waals surface area contributed by atoms with Gasteiger partial charge in [0, 0.05) is 16.0 Å². The lowest BCUT2D eigenvalue weighted by Crippen LogP contribution is -2.33. The zero-order valence-corrected chi connectivity index (χ0v) is 22.9. The molecule has 0 aliphatic carbocycles. The van der Waals surface area contributed by atoms with Gasteiger partial charge in [-0.25, -0.2) is 10.2 Å². The van der Waals surface area contributed by atoms with Gasteiger partial charge in [0.1, 0.15) is 10.8 Å². The third kappa shape index (κ3) is 7.09. The number of carbonyl (C=O) groups excluding carboxylic acids is 3. The van der Waals surface area contributed by atoms with E-state index in [1.54, 1.807) is 56.3 Å². The molecule has 8 nitrogen and oxygen atoms in total. The molecule has 11 heteroatoms. The average molecular weight is 562 g/mol. The topological polar surface area (TPSA) is 106 Å². The first-order valence-electron chi connectivity index (χ1n) is 11.2.